The van der Waals surface area contributed by atoms with Crippen LogP contribution in [0.2, 0.25) is 0 Å². The zero-order valence-corrected chi connectivity index (χ0v) is 56.9. The molecule has 0 aromatic rings. The van der Waals surface area contributed by atoms with Crippen molar-refractivity contribution in [2.24, 2.45) is 0 Å². The summed E-state index contributed by atoms with van der Waals surface area (Å²) in [6.45, 7) is 2.80. The molecule has 2 heterocycles. The number of aliphatic hydroxyl groups excluding tert-OH is 8. The van der Waals surface area contributed by atoms with E-state index < -0.39 is 86.8 Å². The van der Waals surface area contributed by atoms with Gasteiger partial charge in [-0.05, 0) is 51.4 Å². The second-order valence-electron chi connectivity index (χ2n) is 26.4. The van der Waals surface area contributed by atoms with Gasteiger partial charge in [-0.1, -0.05) is 319 Å². The van der Waals surface area contributed by atoms with Crippen molar-refractivity contribution >= 4 is 5.91 Å². The Bertz CT molecular complexity index is 1680. The van der Waals surface area contributed by atoms with Gasteiger partial charge in [-0.25, -0.2) is 0 Å². The van der Waals surface area contributed by atoms with Crippen molar-refractivity contribution in [3.63, 3.8) is 0 Å². The van der Waals surface area contributed by atoms with Gasteiger partial charge in [-0.2, -0.15) is 0 Å². The minimum atomic E-state index is -1.78. The Balaban J connectivity index is 1.58. The molecule has 522 valence electrons. The van der Waals surface area contributed by atoms with E-state index in [1.807, 2.05) is 0 Å². The number of rotatable bonds is 62. The summed E-state index contributed by atoms with van der Waals surface area (Å²) in [4.78, 5) is 13.4. The van der Waals surface area contributed by atoms with Crippen LogP contribution in [0.25, 0.3) is 0 Å². The number of amides is 1. The van der Waals surface area contributed by atoms with Crippen LogP contribution in [0, 0.1) is 0 Å². The van der Waals surface area contributed by atoms with E-state index in [0.29, 0.717) is 12.8 Å². The topological polar surface area (TPSA) is 228 Å². The lowest BCUT2D eigenvalue weighted by molar-refractivity contribution is -0.359. The first-order valence-corrected chi connectivity index (χ1v) is 37.4. The highest BCUT2D eigenvalue weighted by molar-refractivity contribution is 5.76. The van der Waals surface area contributed by atoms with Gasteiger partial charge in [-0.3, -0.25) is 4.79 Å². The van der Waals surface area contributed by atoms with Crippen LogP contribution >= 0.6 is 0 Å². The average Bonchev–Trinajstić information content (AvgIpc) is 1.44. The summed E-state index contributed by atoms with van der Waals surface area (Å²) >= 11 is 0. The average molecular weight is 1260 g/mol. The highest BCUT2D eigenvalue weighted by Crippen LogP contribution is 2.30. The molecule has 89 heavy (non-hydrogen) atoms. The van der Waals surface area contributed by atoms with E-state index in [4.69, 9.17) is 18.9 Å². The number of hydrogen-bond acceptors (Lipinski definition) is 13. The predicted octanol–water partition coefficient (Wildman–Crippen LogP) is 15.9. The van der Waals surface area contributed by atoms with Gasteiger partial charge < -0.3 is 65.1 Å². The lowest BCUT2D eigenvalue weighted by Gasteiger charge is -2.46. The monoisotopic (exact) mass is 1260 g/mol. The van der Waals surface area contributed by atoms with Crippen molar-refractivity contribution < 1.29 is 64.6 Å². The Labute approximate surface area is 543 Å². The van der Waals surface area contributed by atoms with Gasteiger partial charge >= 0.3 is 0 Å². The quantitative estimate of drug-likeness (QED) is 0.0204. The molecule has 9 N–H and O–H groups in total. The minimum absolute atomic E-state index is 0.200. The molecule has 0 aliphatic carbocycles. The normalized spacial score (nSPS) is 23.3. The van der Waals surface area contributed by atoms with E-state index in [-0.39, 0.29) is 12.5 Å². The summed E-state index contributed by atoms with van der Waals surface area (Å²) in [6, 6.07) is -0.828. The summed E-state index contributed by atoms with van der Waals surface area (Å²) in [7, 11) is 0. The summed E-state index contributed by atoms with van der Waals surface area (Å²) in [6.07, 6.45) is 61.5. The third-order valence-corrected chi connectivity index (χ3v) is 18.3. The van der Waals surface area contributed by atoms with Crippen molar-refractivity contribution in [1.82, 2.24) is 5.32 Å². The SMILES string of the molecule is CC/C=C\C/C=C\C/C=C\C/C=C\CCCCCCCCCCCCCCCCCCCCCCCCCCC(=O)NC(COC1OC(CO)C(OC2OC(CO)C(O)C(O)C2O)C(O)C1O)C(O)CCCCCCCCCCCCCCCCCCCC. The first kappa shape index (κ1) is 83.0. The van der Waals surface area contributed by atoms with Crippen LogP contribution in [0.5, 0.6) is 0 Å². The Morgan fingerprint density at radius 3 is 1.19 bits per heavy atom. The van der Waals surface area contributed by atoms with Crippen LogP contribution in [-0.2, 0) is 23.7 Å². The van der Waals surface area contributed by atoms with Crippen molar-refractivity contribution in [2.45, 2.75) is 402 Å². The van der Waals surface area contributed by atoms with Crippen molar-refractivity contribution in [3.8, 4) is 0 Å². The summed E-state index contributed by atoms with van der Waals surface area (Å²) in [5.74, 6) is -0.200. The van der Waals surface area contributed by atoms with Gasteiger partial charge in [0.25, 0.3) is 0 Å². The Hall–Kier alpha value is -2.05. The lowest BCUT2D eigenvalue weighted by Crippen LogP contribution is -2.65. The molecule has 2 rings (SSSR count). The van der Waals surface area contributed by atoms with Crippen LogP contribution in [0.3, 0.4) is 0 Å². The number of ether oxygens (including phenoxy) is 4. The summed E-state index contributed by atoms with van der Waals surface area (Å²) in [5, 5.41) is 87.6. The van der Waals surface area contributed by atoms with Crippen molar-refractivity contribution in [2.75, 3.05) is 19.8 Å². The molecule has 12 atom stereocenters. The largest absolute Gasteiger partial charge is 0.394 e. The number of carbonyl (C=O) groups excluding carboxylic acids is 1. The number of aliphatic hydroxyl groups is 8. The van der Waals surface area contributed by atoms with Crippen molar-refractivity contribution in [1.29, 1.82) is 0 Å². The van der Waals surface area contributed by atoms with Crippen LogP contribution in [-0.4, -0.2) is 140 Å². The second kappa shape index (κ2) is 59.7. The number of carbonyl (C=O) groups is 1. The first-order valence-electron chi connectivity index (χ1n) is 37.4. The van der Waals surface area contributed by atoms with Crippen LogP contribution in [0.15, 0.2) is 48.6 Å². The van der Waals surface area contributed by atoms with E-state index >= 15 is 0 Å². The number of allylic oxidation sites excluding steroid dienone is 8. The molecular weight excluding hydrogens is 1120 g/mol. The summed E-state index contributed by atoms with van der Waals surface area (Å²) < 4.78 is 22.9. The van der Waals surface area contributed by atoms with Gasteiger partial charge in [-0.15, -0.1) is 0 Å². The standard InChI is InChI=1S/C75H139NO13/c1-3-5-7-9-11-13-15-17-19-21-23-24-25-26-27-28-29-30-31-32-33-34-35-36-37-38-39-40-41-43-45-47-49-51-53-55-57-59-67(80)76-63(64(79)58-56-54-52-50-48-46-44-42-22-20-18-16-14-12-10-8-6-4-2)62-86-74-72(85)70(83)73(66(61-78)88-74)89-75-71(84)69(82)68(81)65(60-77)87-75/h5,7,11,13,17,19,23-24,63-66,68-75,77-79,81-85H,3-4,6,8-10,12,14-16,18,20-22,25-62H2,1-2H3,(H,76,80)/b7-5-,13-11-,19-17-,24-23-. The lowest BCUT2D eigenvalue weighted by atomic mass is 9.97. The molecule has 1 amide bonds. The highest BCUT2D eigenvalue weighted by Gasteiger charge is 2.51. The van der Waals surface area contributed by atoms with E-state index in [9.17, 15) is 45.6 Å². The molecule has 2 fully saturated rings. The molecule has 0 aromatic heterocycles. The van der Waals surface area contributed by atoms with Gasteiger partial charge in [0.05, 0.1) is 32.0 Å². The summed E-state index contributed by atoms with van der Waals surface area (Å²) in [5.41, 5.74) is 0. The molecule has 2 saturated heterocycles. The van der Waals surface area contributed by atoms with E-state index in [1.165, 1.54) is 225 Å². The molecule has 0 aromatic carbocycles. The predicted molar refractivity (Wildman–Crippen MR) is 364 cm³/mol. The second-order valence-corrected chi connectivity index (χ2v) is 26.4. The Morgan fingerprint density at radius 1 is 0.416 bits per heavy atom. The fourth-order valence-electron chi connectivity index (χ4n) is 12.4. The fourth-order valence-corrected chi connectivity index (χ4v) is 12.4. The van der Waals surface area contributed by atoms with Crippen molar-refractivity contribution in [3.05, 3.63) is 48.6 Å². The van der Waals surface area contributed by atoms with Gasteiger partial charge in [0.2, 0.25) is 5.91 Å². The third-order valence-electron chi connectivity index (χ3n) is 18.3. The van der Waals surface area contributed by atoms with Gasteiger partial charge in [0.1, 0.15) is 48.8 Å². The van der Waals surface area contributed by atoms with Crippen LogP contribution in [0.1, 0.15) is 328 Å². The van der Waals surface area contributed by atoms with Crippen LogP contribution in [0.4, 0.5) is 0 Å². The number of unbranched alkanes of at least 4 members (excludes halogenated alkanes) is 41. The maximum atomic E-state index is 13.4. The van der Waals surface area contributed by atoms with E-state index in [0.717, 1.165) is 77.0 Å². The Kier molecular flexibility index (Phi) is 55.7. The maximum absolute atomic E-state index is 13.4. The molecule has 2 aliphatic rings. The Morgan fingerprint density at radius 2 is 0.775 bits per heavy atom. The molecule has 12 unspecified atom stereocenters. The number of hydrogen-bond donors (Lipinski definition) is 9. The van der Waals surface area contributed by atoms with Crippen LogP contribution < -0.4 is 5.32 Å². The zero-order valence-electron chi connectivity index (χ0n) is 56.9. The minimum Gasteiger partial charge on any atom is -0.394 e. The zero-order chi connectivity index (χ0) is 64.5. The molecule has 0 spiro atoms. The smallest absolute Gasteiger partial charge is 0.220 e. The highest BCUT2D eigenvalue weighted by atomic mass is 16.7. The third kappa shape index (κ3) is 43.5. The molecule has 0 saturated carbocycles. The molecule has 14 heteroatoms. The van der Waals surface area contributed by atoms with E-state index in [2.05, 4.69) is 67.8 Å². The first-order chi connectivity index (χ1) is 43.6. The van der Waals surface area contributed by atoms with Gasteiger partial charge in [0, 0.05) is 6.42 Å². The molecular formula is C75H139NO13. The fraction of sp³-hybridized carbons (Fsp3) is 0.880. The maximum Gasteiger partial charge on any atom is 0.220 e. The number of nitrogens with one attached hydrogen (secondary N) is 1. The molecule has 0 bridgehead atoms. The molecule has 2 aliphatic heterocycles. The molecule has 0 radical (unpaired) electrons. The van der Waals surface area contributed by atoms with Gasteiger partial charge in [0.15, 0.2) is 12.6 Å². The van der Waals surface area contributed by atoms with E-state index in [1.54, 1.807) is 0 Å². The molecule has 14 nitrogen and oxygen atoms in total.